The maximum absolute atomic E-state index is 12.9. The minimum absolute atomic E-state index is 0.332. The normalized spacial score (nSPS) is 10.6. The van der Waals surface area contributed by atoms with Gasteiger partial charge in [0, 0.05) is 24.2 Å². The molecule has 2 heterocycles. The van der Waals surface area contributed by atoms with Gasteiger partial charge in [-0.3, -0.25) is 9.97 Å². The maximum atomic E-state index is 12.9. The molecule has 0 saturated heterocycles. The summed E-state index contributed by atoms with van der Waals surface area (Å²) < 4.78 is 47.4. The summed E-state index contributed by atoms with van der Waals surface area (Å²) in [5.74, 6) is -2.53. The predicted molar refractivity (Wildman–Crippen MR) is 107 cm³/mol. The predicted octanol–water partition coefficient (Wildman–Crippen LogP) is 4.74. The van der Waals surface area contributed by atoms with Crippen molar-refractivity contribution in [2.45, 2.75) is 26.2 Å². The minimum Gasteiger partial charge on any atom is -0.486 e. The highest BCUT2D eigenvalue weighted by molar-refractivity contribution is 7.51. The van der Waals surface area contributed by atoms with Gasteiger partial charge in [0.25, 0.3) is 5.92 Å². The molecular formula is C21H20F2N2O3S. The number of rotatable bonds is 6. The third-order valence-electron chi connectivity index (χ3n) is 3.95. The van der Waals surface area contributed by atoms with Gasteiger partial charge in [0.2, 0.25) is 0 Å². The largest absolute Gasteiger partial charge is 0.486 e. The molecule has 8 heteroatoms. The monoisotopic (exact) mass is 418 g/mol. The van der Waals surface area contributed by atoms with Crippen LogP contribution >= 0.6 is 0 Å². The highest BCUT2D eigenvalue weighted by atomic mass is 32.1. The number of pyridine rings is 2. The lowest BCUT2D eigenvalue weighted by atomic mass is 9.97. The molecule has 2 aromatic heterocycles. The van der Waals surface area contributed by atoms with Crippen LogP contribution in [0.15, 0.2) is 60.9 Å². The zero-order valence-electron chi connectivity index (χ0n) is 16.0. The Hall–Kier alpha value is -3.00. The Balaban J connectivity index is 0.000000941. The van der Waals surface area contributed by atoms with Crippen LogP contribution in [-0.4, -0.2) is 30.9 Å². The second kappa shape index (κ2) is 10.5. The first kappa shape index (κ1) is 22.3. The van der Waals surface area contributed by atoms with Crippen molar-refractivity contribution < 1.29 is 21.9 Å². The molecule has 0 fully saturated rings. The fourth-order valence-electron chi connectivity index (χ4n) is 2.66. The average Bonchev–Trinajstić information content (AvgIpc) is 2.73. The summed E-state index contributed by atoms with van der Waals surface area (Å²) in [5, 5.41) is 0. The number of aromatic nitrogens is 2. The molecule has 0 saturated carbocycles. The van der Waals surface area contributed by atoms with Crippen molar-refractivity contribution >= 4 is 11.6 Å². The minimum atomic E-state index is -2.87. The lowest BCUT2D eigenvalue weighted by Crippen LogP contribution is -2.20. The van der Waals surface area contributed by atoms with Gasteiger partial charge in [0.15, 0.2) is 6.61 Å². The summed E-state index contributed by atoms with van der Waals surface area (Å²) in [4.78, 5) is 8.76. The van der Waals surface area contributed by atoms with E-state index in [0.29, 0.717) is 5.75 Å². The molecule has 0 spiro atoms. The maximum Gasteiger partial charge on any atom is 0.335 e. The van der Waals surface area contributed by atoms with Crippen molar-refractivity contribution in [1.29, 1.82) is 0 Å². The molecule has 0 aliphatic rings. The molecule has 3 rings (SSSR count). The van der Waals surface area contributed by atoms with Crippen LogP contribution in [0.2, 0.25) is 0 Å². The van der Waals surface area contributed by atoms with E-state index < -0.39 is 24.1 Å². The van der Waals surface area contributed by atoms with E-state index in [1.54, 1.807) is 18.3 Å². The SMILES string of the molecule is CCc1cc(-c2ccccn2)ccc1-c1ccc(OCC(C)(F)F)cn1.O=S=O. The Morgan fingerprint density at radius 2 is 1.79 bits per heavy atom. The lowest BCUT2D eigenvalue weighted by molar-refractivity contribution is -0.0230. The highest BCUT2D eigenvalue weighted by Gasteiger charge is 2.22. The van der Waals surface area contributed by atoms with Crippen LogP contribution in [-0.2, 0) is 18.0 Å². The van der Waals surface area contributed by atoms with E-state index >= 15 is 0 Å². The molecule has 152 valence electrons. The zero-order valence-corrected chi connectivity index (χ0v) is 16.8. The number of alkyl halides is 2. The summed E-state index contributed by atoms with van der Waals surface area (Å²) in [5.41, 5.74) is 4.92. The Kier molecular flexibility index (Phi) is 8.09. The third kappa shape index (κ3) is 6.83. The highest BCUT2D eigenvalue weighted by Crippen LogP contribution is 2.28. The van der Waals surface area contributed by atoms with Gasteiger partial charge in [-0.25, -0.2) is 8.78 Å². The fraction of sp³-hybridized carbons (Fsp3) is 0.238. The molecule has 5 nitrogen and oxygen atoms in total. The van der Waals surface area contributed by atoms with E-state index in [1.807, 2.05) is 30.3 Å². The fourth-order valence-corrected chi connectivity index (χ4v) is 2.66. The van der Waals surface area contributed by atoms with Crippen LogP contribution in [0, 0.1) is 0 Å². The van der Waals surface area contributed by atoms with E-state index in [1.165, 1.54) is 6.20 Å². The smallest absolute Gasteiger partial charge is 0.335 e. The van der Waals surface area contributed by atoms with E-state index in [-0.39, 0.29) is 0 Å². The summed E-state index contributed by atoms with van der Waals surface area (Å²) >= 11 is -0.750. The molecule has 0 atom stereocenters. The molecule has 3 aromatic rings. The molecule has 1 aromatic carbocycles. The van der Waals surface area contributed by atoms with Crippen molar-refractivity contribution in [3.05, 3.63) is 66.5 Å². The summed E-state index contributed by atoms with van der Waals surface area (Å²) in [6.45, 7) is 2.25. The van der Waals surface area contributed by atoms with E-state index in [0.717, 1.165) is 41.4 Å². The van der Waals surface area contributed by atoms with Crippen molar-refractivity contribution in [3.63, 3.8) is 0 Å². The van der Waals surface area contributed by atoms with Crippen molar-refractivity contribution in [2.24, 2.45) is 0 Å². The first-order valence-electron chi connectivity index (χ1n) is 8.81. The number of aryl methyl sites for hydroxylation is 1. The Morgan fingerprint density at radius 3 is 2.34 bits per heavy atom. The average molecular weight is 418 g/mol. The topological polar surface area (TPSA) is 69.2 Å². The Bertz CT molecular complexity index is 956. The van der Waals surface area contributed by atoms with Gasteiger partial charge in [-0.2, -0.15) is 8.42 Å². The molecule has 0 amide bonds. The molecule has 0 aliphatic carbocycles. The Labute approximate surface area is 171 Å². The van der Waals surface area contributed by atoms with Gasteiger partial charge in [0.1, 0.15) is 5.75 Å². The second-order valence-corrected chi connectivity index (χ2v) is 6.38. The molecule has 0 radical (unpaired) electrons. The van der Waals surface area contributed by atoms with Gasteiger partial charge in [-0.1, -0.05) is 25.1 Å². The number of hydrogen-bond acceptors (Lipinski definition) is 5. The van der Waals surface area contributed by atoms with E-state index in [4.69, 9.17) is 13.2 Å². The summed E-state index contributed by atoms with van der Waals surface area (Å²) in [7, 11) is 0. The van der Waals surface area contributed by atoms with Gasteiger partial charge in [-0.15, -0.1) is 0 Å². The first-order chi connectivity index (χ1) is 13.9. The van der Waals surface area contributed by atoms with Crippen LogP contribution in [0.4, 0.5) is 8.78 Å². The van der Waals surface area contributed by atoms with Crippen molar-refractivity contribution in [2.75, 3.05) is 6.61 Å². The number of benzene rings is 1. The second-order valence-electron chi connectivity index (χ2n) is 6.25. The van der Waals surface area contributed by atoms with E-state index in [9.17, 15) is 8.78 Å². The molecule has 29 heavy (non-hydrogen) atoms. The number of hydrogen-bond donors (Lipinski definition) is 0. The van der Waals surface area contributed by atoms with Crippen LogP contribution in [0.1, 0.15) is 19.4 Å². The molecule has 0 bridgehead atoms. The number of nitrogens with zero attached hydrogens (tertiary/aromatic N) is 2. The molecular weight excluding hydrogens is 398 g/mol. The first-order valence-corrected chi connectivity index (χ1v) is 9.47. The van der Waals surface area contributed by atoms with Crippen LogP contribution in [0.3, 0.4) is 0 Å². The van der Waals surface area contributed by atoms with Gasteiger partial charge in [0.05, 0.1) is 17.6 Å². The summed E-state index contributed by atoms with van der Waals surface area (Å²) in [6, 6.07) is 15.4. The van der Waals surface area contributed by atoms with Crippen molar-refractivity contribution in [3.8, 4) is 28.3 Å². The van der Waals surface area contributed by atoms with Crippen molar-refractivity contribution in [1.82, 2.24) is 9.97 Å². The third-order valence-corrected chi connectivity index (χ3v) is 3.95. The Morgan fingerprint density at radius 1 is 1.03 bits per heavy atom. The number of halogens is 2. The van der Waals surface area contributed by atoms with Gasteiger partial charge in [-0.05, 0) is 42.3 Å². The molecule has 0 N–H and O–H groups in total. The van der Waals surface area contributed by atoms with Gasteiger partial charge < -0.3 is 4.74 Å². The standard InChI is InChI=1S/C21H20F2N2O.O2S/c1-3-15-12-16(19-6-4-5-11-24-19)7-9-18(15)20-10-8-17(13-25-20)26-14-21(2,22)23;1-3-2/h4-13H,3,14H2,1-2H3;. The molecule has 0 aliphatic heterocycles. The quantitative estimate of drug-likeness (QED) is 0.579. The van der Waals surface area contributed by atoms with Gasteiger partial charge >= 0.3 is 11.6 Å². The van der Waals surface area contributed by atoms with E-state index in [2.05, 4.69) is 23.0 Å². The lowest BCUT2D eigenvalue weighted by Gasteiger charge is -2.13. The zero-order chi connectivity index (χ0) is 21.3. The van der Waals surface area contributed by atoms with Crippen LogP contribution in [0.5, 0.6) is 5.75 Å². The van der Waals surface area contributed by atoms with Crippen LogP contribution < -0.4 is 4.74 Å². The number of ether oxygens (including phenoxy) is 1. The molecule has 0 unspecified atom stereocenters. The summed E-state index contributed by atoms with van der Waals surface area (Å²) in [6.07, 6.45) is 4.10. The van der Waals surface area contributed by atoms with Crippen LogP contribution in [0.25, 0.3) is 22.5 Å².